The van der Waals surface area contributed by atoms with Crippen LogP contribution in [-0.4, -0.2) is 14.2 Å². The van der Waals surface area contributed by atoms with Crippen molar-refractivity contribution in [1.29, 1.82) is 5.26 Å². The van der Waals surface area contributed by atoms with Crippen LogP contribution in [0.2, 0.25) is 0 Å². The van der Waals surface area contributed by atoms with Gasteiger partial charge in [0.1, 0.15) is 0 Å². The van der Waals surface area contributed by atoms with Crippen LogP contribution in [0.15, 0.2) is 0 Å². The van der Waals surface area contributed by atoms with Gasteiger partial charge in [0.2, 0.25) is 0 Å². The van der Waals surface area contributed by atoms with Gasteiger partial charge in [0.05, 0.1) is 11.8 Å². The number of nitriles is 1. The van der Waals surface area contributed by atoms with E-state index in [1.54, 1.807) is 0 Å². The maximum Gasteiger partial charge on any atom is 0.302 e. The van der Waals surface area contributed by atoms with Crippen molar-refractivity contribution >= 4 is 10.2 Å². The van der Waals surface area contributed by atoms with Gasteiger partial charge in [-0.1, -0.05) is 0 Å². The Labute approximate surface area is 59.7 Å². The summed E-state index contributed by atoms with van der Waals surface area (Å²) in [6, 6.07) is 1.84. The summed E-state index contributed by atoms with van der Waals surface area (Å²) in [4.78, 5) is 0. The zero-order valence-electron chi connectivity index (χ0n) is 5.38. The first kappa shape index (κ1) is 9.37. The third-order valence-corrected chi connectivity index (χ3v) is 1.70. The molecule has 0 saturated heterocycles. The first-order valence-electron chi connectivity index (χ1n) is 2.85. The quantitative estimate of drug-likeness (QED) is 0.461. The van der Waals surface area contributed by atoms with Crippen LogP contribution in [0.3, 0.4) is 0 Å². The molecule has 0 aliphatic rings. The van der Waals surface area contributed by atoms with Gasteiger partial charge in [0.25, 0.3) is 0 Å². The van der Waals surface area contributed by atoms with Gasteiger partial charge in [0.15, 0.2) is 0 Å². The third kappa shape index (κ3) is 7.37. The molecule has 0 rings (SSSR count). The third-order valence-electron chi connectivity index (χ3n) is 0.927. The Bertz CT molecular complexity index is 216. The lowest BCUT2D eigenvalue weighted by Gasteiger charge is -1.90. The number of rotatable bonds is 4. The minimum Gasteiger partial charge on any atom is -0.198 e. The predicted octanol–water partition coefficient (Wildman–Crippen LogP) is 0.980. The first-order chi connectivity index (χ1) is 4.56. The molecule has 0 spiro atoms. The van der Waals surface area contributed by atoms with Crippen LogP contribution in [0.4, 0.5) is 3.89 Å². The summed E-state index contributed by atoms with van der Waals surface area (Å²) in [7, 11) is -4.31. The standard InChI is InChI=1S/C5H8FNO2S/c6-10(8,9)5-3-1-2-4-7/h1-3,5H2. The maximum absolute atomic E-state index is 11.7. The molecule has 0 bridgehead atoms. The molecule has 0 aromatic heterocycles. The SMILES string of the molecule is N#CCCCCS(=O)(=O)F. The van der Waals surface area contributed by atoms with Crippen LogP contribution < -0.4 is 0 Å². The van der Waals surface area contributed by atoms with Gasteiger partial charge >= 0.3 is 10.2 Å². The van der Waals surface area contributed by atoms with E-state index in [4.69, 9.17) is 5.26 Å². The highest BCUT2D eigenvalue weighted by Gasteiger charge is 2.04. The summed E-state index contributed by atoms with van der Waals surface area (Å²) in [6.45, 7) is 0. The van der Waals surface area contributed by atoms with Crippen molar-refractivity contribution in [3.63, 3.8) is 0 Å². The summed E-state index contributed by atoms with van der Waals surface area (Å²) in [6.07, 6.45) is 0.960. The smallest absolute Gasteiger partial charge is 0.198 e. The van der Waals surface area contributed by atoms with Crippen molar-refractivity contribution in [1.82, 2.24) is 0 Å². The molecule has 0 aromatic carbocycles. The summed E-state index contributed by atoms with van der Waals surface area (Å²) >= 11 is 0. The zero-order valence-corrected chi connectivity index (χ0v) is 6.19. The van der Waals surface area contributed by atoms with Gasteiger partial charge in [-0.15, -0.1) is 3.89 Å². The van der Waals surface area contributed by atoms with Crippen molar-refractivity contribution in [3.8, 4) is 6.07 Å². The number of hydrogen-bond donors (Lipinski definition) is 0. The van der Waals surface area contributed by atoms with Gasteiger partial charge < -0.3 is 0 Å². The minimum absolute atomic E-state index is 0.229. The van der Waals surface area contributed by atoms with Crippen molar-refractivity contribution < 1.29 is 12.3 Å². The monoisotopic (exact) mass is 165 g/mol. The molecule has 5 heteroatoms. The fraction of sp³-hybridized carbons (Fsp3) is 0.800. The maximum atomic E-state index is 11.7. The van der Waals surface area contributed by atoms with Gasteiger partial charge in [-0.05, 0) is 12.8 Å². The first-order valence-corrected chi connectivity index (χ1v) is 4.41. The number of unbranched alkanes of at least 4 members (excludes halogenated alkanes) is 2. The lowest BCUT2D eigenvalue weighted by atomic mass is 10.3. The van der Waals surface area contributed by atoms with E-state index >= 15 is 0 Å². The van der Waals surface area contributed by atoms with Crippen LogP contribution in [-0.2, 0) is 10.2 Å². The second-order valence-corrected chi connectivity index (χ2v) is 3.34. The zero-order chi connectivity index (χ0) is 8.04. The Balaban J connectivity index is 3.32. The van der Waals surface area contributed by atoms with Crippen LogP contribution >= 0.6 is 0 Å². The fourth-order valence-electron chi connectivity index (χ4n) is 0.479. The lowest BCUT2D eigenvalue weighted by molar-refractivity contribution is 0.548. The molecule has 0 aliphatic carbocycles. The highest BCUT2D eigenvalue weighted by Crippen LogP contribution is 1.99. The predicted molar refractivity (Wildman–Crippen MR) is 34.4 cm³/mol. The molecule has 0 N–H and O–H groups in total. The molecule has 0 saturated carbocycles. The number of hydrogen-bond acceptors (Lipinski definition) is 3. The van der Waals surface area contributed by atoms with E-state index in [1.807, 2.05) is 6.07 Å². The Kier molecular flexibility index (Phi) is 3.96. The molecule has 0 fully saturated rings. The van der Waals surface area contributed by atoms with Crippen LogP contribution in [0.5, 0.6) is 0 Å². The lowest BCUT2D eigenvalue weighted by Crippen LogP contribution is -1.97. The molecule has 0 radical (unpaired) electrons. The van der Waals surface area contributed by atoms with Gasteiger partial charge in [-0.3, -0.25) is 0 Å². The molecule has 0 aromatic rings. The number of nitrogens with zero attached hydrogens (tertiary/aromatic N) is 1. The van der Waals surface area contributed by atoms with E-state index < -0.39 is 16.0 Å². The molecule has 0 aliphatic heterocycles. The van der Waals surface area contributed by atoms with E-state index in [2.05, 4.69) is 0 Å². The largest absolute Gasteiger partial charge is 0.302 e. The molecule has 0 amide bonds. The average Bonchev–Trinajstić information content (AvgIpc) is 1.78. The molecule has 58 valence electrons. The van der Waals surface area contributed by atoms with E-state index in [-0.39, 0.29) is 12.8 Å². The molecule has 0 heterocycles. The van der Waals surface area contributed by atoms with Gasteiger partial charge in [-0.25, -0.2) is 0 Å². The topological polar surface area (TPSA) is 57.9 Å². The van der Waals surface area contributed by atoms with Gasteiger partial charge in [0, 0.05) is 6.42 Å². The Morgan fingerprint density at radius 2 is 2.00 bits per heavy atom. The van der Waals surface area contributed by atoms with E-state index in [0.717, 1.165) is 0 Å². The van der Waals surface area contributed by atoms with E-state index in [9.17, 15) is 12.3 Å². The van der Waals surface area contributed by atoms with E-state index in [0.29, 0.717) is 6.42 Å². The molecule has 0 atom stereocenters. The summed E-state index contributed by atoms with van der Waals surface area (Å²) in [5.41, 5.74) is 0. The highest BCUT2D eigenvalue weighted by molar-refractivity contribution is 7.86. The second kappa shape index (κ2) is 4.23. The molecule has 0 unspecified atom stereocenters. The van der Waals surface area contributed by atoms with Gasteiger partial charge in [-0.2, -0.15) is 13.7 Å². The highest BCUT2D eigenvalue weighted by atomic mass is 32.3. The number of halogens is 1. The van der Waals surface area contributed by atoms with Crippen molar-refractivity contribution in [2.45, 2.75) is 19.3 Å². The van der Waals surface area contributed by atoms with Crippen LogP contribution in [0.25, 0.3) is 0 Å². The minimum atomic E-state index is -4.31. The Morgan fingerprint density at radius 1 is 1.40 bits per heavy atom. The van der Waals surface area contributed by atoms with E-state index in [1.165, 1.54) is 0 Å². The summed E-state index contributed by atoms with van der Waals surface area (Å²) < 4.78 is 31.4. The summed E-state index contributed by atoms with van der Waals surface area (Å²) in [5.74, 6) is -0.464. The normalized spacial score (nSPS) is 10.8. The molecule has 10 heavy (non-hydrogen) atoms. The Morgan fingerprint density at radius 3 is 2.40 bits per heavy atom. The molecular formula is C5H8FNO2S. The van der Waals surface area contributed by atoms with Crippen LogP contribution in [0, 0.1) is 11.3 Å². The van der Waals surface area contributed by atoms with Crippen molar-refractivity contribution in [3.05, 3.63) is 0 Å². The van der Waals surface area contributed by atoms with Crippen molar-refractivity contribution in [2.24, 2.45) is 0 Å². The summed E-state index contributed by atoms with van der Waals surface area (Å²) in [5, 5.41) is 8.00. The fourth-order valence-corrected chi connectivity index (χ4v) is 1.03. The van der Waals surface area contributed by atoms with Crippen molar-refractivity contribution in [2.75, 3.05) is 5.75 Å². The second-order valence-electron chi connectivity index (χ2n) is 1.86. The average molecular weight is 165 g/mol. The van der Waals surface area contributed by atoms with Crippen LogP contribution in [0.1, 0.15) is 19.3 Å². The molecular weight excluding hydrogens is 157 g/mol. The Hall–Kier alpha value is -0.630. The molecule has 3 nitrogen and oxygen atoms in total.